The van der Waals surface area contributed by atoms with E-state index in [1.807, 2.05) is 13.8 Å². The van der Waals surface area contributed by atoms with Crippen molar-refractivity contribution in [1.29, 1.82) is 0 Å². The van der Waals surface area contributed by atoms with Gasteiger partial charge in [0.15, 0.2) is 0 Å². The van der Waals surface area contributed by atoms with Crippen molar-refractivity contribution in [1.82, 2.24) is 4.90 Å². The number of amides is 1. The lowest BCUT2D eigenvalue weighted by Crippen LogP contribution is -2.37. The minimum Gasteiger partial charge on any atom is -0.336 e. The summed E-state index contributed by atoms with van der Waals surface area (Å²) in [7, 11) is 0. The first-order chi connectivity index (χ1) is 7.97. The molecule has 1 amide bonds. The summed E-state index contributed by atoms with van der Waals surface area (Å²) < 4.78 is 0.968. The molecule has 6 heteroatoms. The predicted molar refractivity (Wildman–Crippen MR) is 75.8 cm³/mol. The molecule has 0 N–H and O–H groups in total. The number of halogens is 3. The van der Waals surface area contributed by atoms with Gasteiger partial charge in [-0.2, -0.15) is 0 Å². The van der Waals surface area contributed by atoms with Crippen LogP contribution in [-0.4, -0.2) is 29.3 Å². The first-order valence-corrected chi connectivity index (χ1v) is 7.39. The number of alkyl halides is 1. The fraction of sp³-hybridized carbons (Fsp3) is 0.545. The second-order valence-corrected chi connectivity index (χ2v) is 6.54. The molecule has 0 unspecified atom stereocenters. The molecule has 2 nitrogen and oxygen atoms in total. The van der Waals surface area contributed by atoms with Crippen molar-refractivity contribution in [2.75, 3.05) is 12.4 Å². The van der Waals surface area contributed by atoms with Crippen LogP contribution >= 0.6 is 46.1 Å². The minimum atomic E-state index is -0.0849. The predicted octanol–water partition coefficient (Wildman–Crippen LogP) is 4.53. The van der Waals surface area contributed by atoms with E-state index in [0.29, 0.717) is 26.7 Å². The maximum Gasteiger partial charge on any atom is 0.256 e. The van der Waals surface area contributed by atoms with Crippen LogP contribution in [0.3, 0.4) is 0 Å². The molecule has 0 bridgehead atoms. The van der Waals surface area contributed by atoms with Gasteiger partial charge in [-0.15, -0.1) is 22.9 Å². The highest BCUT2D eigenvalue weighted by molar-refractivity contribution is 7.20. The van der Waals surface area contributed by atoms with Gasteiger partial charge >= 0.3 is 0 Å². The van der Waals surface area contributed by atoms with Crippen molar-refractivity contribution >= 4 is 52.0 Å². The van der Waals surface area contributed by atoms with Crippen LogP contribution in [0, 0.1) is 0 Å². The topological polar surface area (TPSA) is 20.3 Å². The highest BCUT2D eigenvalue weighted by Crippen LogP contribution is 2.32. The molecule has 0 aliphatic heterocycles. The van der Waals surface area contributed by atoms with E-state index in [9.17, 15) is 4.79 Å². The van der Waals surface area contributed by atoms with E-state index in [0.717, 1.165) is 6.42 Å². The van der Waals surface area contributed by atoms with Crippen molar-refractivity contribution in [3.05, 3.63) is 20.3 Å². The van der Waals surface area contributed by atoms with E-state index in [2.05, 4.69) is 0 Å². The SMILES string of the molecule is CC(C)N(CCCCl)C(=O)c1cc(Cl)sc1Cl. The molecule has 1 aromatic rings. The maximum atomic E-state index is 12.3. The summed E-state index contributed by atoms with van der Waals surface area (Å²) in [6, 6.07) is 1.73. The van der Waals surface area contributed by atoms with Crippen LogP contribution < -0.4 is 0 Å². The molecule has 1 rings (SSSR count). The summed E-state index contributed by atoms with van der Waals surface area (Å²) in [5.74, 6) is 0.451. The van der Waals surface area contributed by atoms with Crippen LogP contribution in [0.25, 0.3) is 0 Å². The van der Waals surface area contributed by atoms with Crippen molar-refractivity contribution in [2.24, 2.45) is 0 Å². The number of nitrogens with zero attached hydrogens (tertiary/aromatic N) is 1. The van der Waals surface area contributed by atoms with Crippen LogP contribution in [0.5, 0.6) is 0 Å². The lowest BCUT2D eigenvalue weighted by atomic mass is 10.2. The minimum absolute atomic E-state index is 0.0849. The number of carbonyl (C=O) groups excluding carboxylic acids is 1. The smallest absolute Gasteiger partial charge is 0.256 e. The fourth-order valence-corrected chi connectivity index (χ4v) is 3.03. The monoisotopic (exact) mass is 313 g/mol. The summed E-state index contributed by atoms with van der Waals surface area (Å²) in [4.78, 5) is 14.0. The Morgan fingerprint density at radius 1 is 1.47 bits per heavy atom. The van der Waals surface area contributed by atoms with Crippen LogP contribution in [0.4, 0.5) is 0 Å². The van der Waals surface area contributed by atoms with Crippen molar-refractivity contribution in [3.8, 4) is 0 Å². The average Bonchev–Trinajstić information content (AvgIpc) is 2.57. The van der Waals surface area contributed by atoms with Crippen LogP contribution in [-0.2, 0) is 0 Å². The number of hydrogen-bond donors (Lipinski definition) is 0. The number of carbonyl (C=O) groups is 1. The van der Waals surface area contributed by atoms with E-state index >= 15 is 0 Å². The Bertz CT molecular complexity index is 392. The Hall–Kier alpha value is 0.0400. The van der Waals surface area contributed by atoms with Crippen LogP contribution in [0.2, 0.25) is 8.67 Å². The largest absolute Gasteiger partial charge is 0.336 e. The molecule has 0 saturated carbocycles. The van der Waals surface area contributed by atoms with Gasteiger partial charge in [0.25, 0.3) is 5.91 Å². The quantitative estimate of drug-likeness (QED) is 0.731. The lowest BCUT2D eigenvalue weighted by molar-refractivity contribution is 0.0707. The van der Waals surface area contributed by atoms with Crippen LogP contribution in [0.15, 0.2) is 6.07 Å². The molecule has 0 spiro atoms. The molecule has 0 fully saturated rings. The summed E-state index contributed by atoms with van der Waals surface area (Å²) in [6.07, 6.45) is 0.765. The first kappa shape index (κ1) is 15.1. The molecule has 0 aliphatic carbocycles. The molecule has 1 aromatic heterocycles. The first-order valence-electron chi connectivity index (χ1n) is 5.29. The van der Waals surface area contributed by atoms with Gasteiger partial charge < -0.3 is 4.90 Å². The van der Waals surface area contributed by atoms with E-state index in [1.165, 1.54) is 11.3 Å². The molecular weight excluding hydrogens is 301 g/mol. The average molecular weight is 315 g/mol. The summed E-state index contributed by atoms with van der Waals surface area (Å²) in [6.45, 7) is 4.56. The van der Waals surface area contributed by atoms with Gasteiger partial charge in [-0.1, -0.05) is 23.2 Å². The normalized spacial score (nSPS) is 10.9. The van der Waals surface area contributed by atoms with Gasteiger partial charge in [0.05, 0.1) is 9.90 Å². The molecular formula is C11H14Cl3NOS. The van der Waals surface area contributed by atoms with E-state index in [-0.39, 0.29) is 11.9 Å². The van der Waals surface area contributed by atoms with Crippen molar-refractivity contribution in [3.63, 3.8) is 0 Å². The molecule has 0 radical (unpaired) electrons. The van der Waals surface area contributed by atoms with Gasteiger partial charge in [0.1, 0.15) is 4.34 Å². The molecule has 0 saturated heterocycles. The van der Waals surface area contributed by atoms with Crippen molar-refractivity contribution < 1.29 is 4.79 Å². The molecule has 96 valence electrons. The molecule has 1 heterocycles. The third-order valence-corrected chi connectivity index (χ3v) is 4.06. The third-order valence-electron chi connectivity index (χ3n) is 2.30. The summed E-state index contributed by atoms with van der Waals surface area (Å²) >= 11 is 18.7. The molecule has 0 atom stereocenters. The van der Waals surface area contributed by atoms with Crippen molar-refractivity contribution in [2.45, 2.75) is 26.3 Å². The van der Waals surface area contributed by atoms with Gasteiger partial charge in [0.2, 0.25) is 0 Å². The highest BCUT2D eigenvalue weighted by atomic mass is 35.5. The Morgan fingerprint density at radius 3 is 2.53 bits per heavy atom. The second-order valence-electron chi connectivity index (χ2n) is 3.87. The number of thiophene rings is 1. The zero-order valence-electron chi connectivity index (χ0n) is 9.67. The Kier molecular flexibility index (Phi) is 6.07. The third kappa shape index (κ3) is 4.02. The Morgan fingerprint density at radius 2 is 2.12 bits per heavy atom. The zero-order chi connectivity index (χ0) is 13.0. The number of hydrogen-bond acceptors (Lipinski definition) is 2. The van der Waals surface area contributed by atoms with E-state index in [1.54, 1.807) is 11.0 Å². The second kappa shape index (κ2) is 6.83. The van der Waals surface area contributed by atoms with E-state index < -0.39 is 0 Å². The zero-order valence-corrected chi connectivity index (χ0v) is 12.8. The standard InChI is InChI=1S/C11H14Cl3NOS/c1-7(2)15(5-3-4-12)11(16)8-6-9(13)17-10(8)14/h6-7H,3-5H2,1-2H3. The molecule has 17 heavy (non-hydrogen) atoms. The Labute approximate surface area is 120 Å². The Balaban J connectivity index is 2.87. The van der Waals surface area contributed by atoms with Gasteiger partial charge in [-0.25, -0.2) is 0 Å². The lowest BCUT2D eigenvalue weighted by Gasteiger charge is -2.26. The summed E-state index contributed by atoms with van der Waals surface area (Å²) in [5, 5.41) is 0. The van der Waals surface area contributed by atoms with Crippen LogP contribution in [0.1, 0.15) is 30.6 Å². The summed E-state index contributed by atoms with van der Waals surface area (Å²) in [5.41, 5.74) is 0.477. The molecule has 0 aromatic carbocycles. The van der Waals surface area contributed by atoms with Gasteiger partial charge in [-0.3, -0.25) is 4.79 Å². The number of rotatable bonds is 5. The maximum absolute atomic E-state index is 12.3. The van der Waals surface area contributed by atoms with E-state index in [4.69, 9.17) is 34.8 Å². The van der Waals surface area contributed by atoms with Gasteiger partial charge in [-0.05, 0) is 26.3 Å². The molecule has 0 aliphatic rings. The van der Waals surface area contributed by atoms with Gasteiger partial charge in [0, 0.05) is 18.5 Å². The fourth-order valence-electron chi connectivity index (χ4n) is 1.47. The highest BCUT2D eigenvalue weighted by Gasteiger charge is 2.22.